The van der Waals surface area contributed by atoms with Crippen molar-refractivity contribution in [1.29, 1.82) is 0 Å². The van der Waals surface area contributed by atoms with Crippen molar-refractivity contribution in [2.45, 2.75) is 38.5 Å². The van der Waals surface area contributed by atoms with E-state index in [-0.39, 0.29) is 22.3 Å². The summed E-state index contributed by atoms with van der Waals surface area (Å²) < 4.78 is 24.6. The average Bonchev–Trinajstić information content (AvgIpc) is 2.62. The van der Waals surface area contributed by atoms with E-state index in [0.29, 0.717) is 17.7 Å². The van der Waals surface area contributed by atoms with Gasteiger partial charge in [0.05, 0.1) is 10.6 Å². The Balaban J connectivity index is 2.21. The Morgan fingerprint density at radius 2 is 1.81 bits per heavy atom. The number of aromatic hydroxyl groups is 1. The maximum atomic E-state index is 12.3. The minimum absolute atomic E-state index is 0.0701. The van der Waals surface area contributed by atoms with Gasteiger partial charge in [-0.2, -0.15) is 18.4 Å². The van der Waals surface area contributed by atoms with Gasteiger partial charge in [-0.3, -0.25) is 4.79 Å². The first-order chi connectivity index (χ1) is 12.7. The smallest absolute Gasteiger partial charge is 0.276 e. The van der Waals surface area contributed by atoms with Gasteiger partial charge in [-0.05, 0) is 50.6 Å². The summed E-state index contributed by atoms with van der Waals surface area (Å²) in [5, 5.41) is 16.7. The molecule has 0 saturated carbocycles. The van der Waals surface area contributed by atoms with Crippen LogP contribution in [-0.2, 0) is 14.8 Å². The molecule has 0 unspecified atom stereocenters. The van der Waals surface area contributed by atoms with Gasteiger partial charge in [0.2, 0.25) is 5.91 Å². The predicted molar refractivity (Wildman–Crippen MR) is 105 cm³/mol. The Kier molecular flexibility index (Phi) is 6.57. The van der Waals surface area contributed by atoms with Crippen LogP contribution in [-0.4, -0.2) is 25.1 Å². The highest BCUT2D eigenvalue weighted by molar-refractivity contribution is 7.89. The van der Waals surface area contributed by atoms with Crippen molar-refractivity contribution in [2.24, 2.45) is 5.10 Å². The van der Waals surface area contributed by atoms with Crippen molar-refractivity contribution in [3.63, 3.8) is 0 Å². The molecule has 144 valence electrons. The molecule has 0 aromatic heterocycles. The number of sulfonamides is 1. The van der Waals surface area contributed by atoms with Crippen molar-refractivity contribution >= 4 is 27.3 Å². The Morgan fingerprint density at radius 1 is 1.15 bits per heavy atom. The number of benzene rings is 2. The van der Waals surface area contributed by atoms with E-state index in [1.807, 2.05) is 13.8 Å². The molecule has 0 aliphatic rings. The maximum Gasteiger partial charge on any atom is 0.276 e. The zero-order valence-electron chi connectivity index (χ0n) is 15.5. The first kappa shape index (κ1) is 20.4. The normalized spacial score (nSPS) is 11.9. The van der Waals surface area contributed by atoms with E-state index in [0.717, 1.165) is 12.0 Å². The number of rotatable bonds is 7. The second kappa shape index (κ2) is 8.68. The summed E-state index contributed by atoms with van der Waals surface area (Å²) >= 11 is 0. The summed E-state index contributed by atoms with van der Waals surface area (Å²) in [5.41, 5.74) is 2.02. The standard InChI is InChI=1S/C19H23N3O4S/c1-4-5-19(24)20-15-8-11-18(23)17(12-15)14(3)21-22-27(25,26)16-9-6-13(2)7-10-16/h6-12,22-23H,4-5H2,1-3H3,(H,20,24)/b21-14+. The molecule has 0 fully saturated rings. The monoisotopic (exact) mass is 389 g/mol. The topological polar surface area (TPSA) is 108 Å². The van der Waals surface area contributed by atoms with Gasteiger partial charge in [0.1, 0.15) is 5.75 Å². The number of aryl methyl sites for hydroxylation is 1. The van der Waals surface area contributed by atoms with Gasteiger partial charge < -0.3 is 10.4 Å². The lowest BCUT2D eigenvalue weighted by molar-refractivity contribution is -0.116. The fraction of sp³-hybridized carbons (Fsp3) is 0.263. The Hall–Kier alpha value is -2.87. The largest absolute Gasteiger partial charge is 0.507 e. The maximum absolute atomic E-state index is 12.3. The van der Waals surface area contributed by atoms with Crippen LogP contribution in [0.2, 0.25) is 0 Å². The van der Waals surface area contributed by atoms with Gasteiger partial charge in [-0.25, -0.2) is 0 Å². The number of carbonyl (C=O) groups is 1. The number of carbonyl (C=O) groups excluding carboxylic acids is 1. The Labute approximate surface area is 159 Å². The van der Waals surface area contributed by atoms with E-state index < -0.39 is 10.0 Å². The minimum atomic E-state index is -3.82. The number of amides is 1. The molecule has 0 saturated heterocycles. The molecule has 0 heterocycles. The summed E-state index contributed by atoms with van der Waals surface area (Å²) in [6.45, 7) is 5.32. The summed E-state index contributed by atoms with van der Waals surface area (Å²) in [6, 6.07) is 10.9. The molecule has 7 nitrogen and oxygen atoms in total. The number of hydrazone groups is 1. The molecule has 1 amide bonds. The molecule has 3 N–H and O–H groups in total. The molecule has 2 aromatic carbocycles. The summed E-state index contributed by atoms with van der Waals surface area (Å²) in [4.78, 5) is 14.0. The third kappa shape index (κ3) is 5.55. The highest BCUT2D eigenvalue weighted by Crippen LogP contribution is 2.22. The van der Waals surface area contributed by atoms with Crippen molar-refractivity contribution in [3.8, 4) is 5.75 Å². The van der Waals surface area contributed by atoms with Gasteiger partial charge in [0, 0.05) is 17.7 Å². The molecular formula is C19H23N3O4S. The summed E-state index contributed by atoms with van der Waals surface area (Å²) in [7, 11) is -3.82. The third-order valence-electron chi connectivity index (χ3n) is 3.81. The van der Waals surface area contributed by atoms with Crippen LogP contribution in [0.4, 0.5) is 5.69 Å². The molecule has 2 rings (SSSR count). The van der Waals surface area contributed by atoms with E-state index in [2.05, 4.69) is 15.2 Å². The molecule has 8 heteroatoms. The number of hydrogen-bond donors (Lipinski definition) is 3. The van der Waals surface area contributed by atoms with E-state index in [9.17, 15) is 18.3 Å². The number of phenolic OH excluding ortho intramolecular Hbond substituents is 1. The van der Waals surface area contributed by atoms with Crippen molar-refractivity contribution < 1.29 is 18.3 Å². The van der Waals surface area contributed by atoms with Crippen molar-refractivity contribution in [2.75, 3.05) is 5.32 Å². The molecule has 0 atom stereocenters. The molecule has 0 aliphatic heterocycles. The molecule has 0 radical (unpaired) electrons. The van der Waals surface area contributed by atoms with Gasteiger partial charge >= 0.3 is 0 Å². The van der Waals surface area contributed by atoms with Crippen LogP contribution in [0.15, 0.2) is 52.5 Å². The second-order valence-electron chi connectivity index (χ2n) is 6.14. The molecular weight excluding hydrogens is 366 g/mol. The number of nitrogens with one attached hydrogen (secondary N) is 2. The Bertz CT molecular complexity index is 951. The number of nitrogens with zero attached hydrogens (tertiary/aromatic N) is 1. The van der Waals surface area contributed by atoms with Gasteiger partial charge in [-0.15, -0.1) is 0 Å². The summed E-state index contributed by atoms with van der Waals surface area (Å²) in [6.07, 6.45) is 1.11. The molecule has 0 bridgehead atoms. The predicted octanol–water partition coefficient (Wildman–Crippen LogP) is 3.14. The van der Waals surface area contributed by atoms with E-state index >= 15 is 0 Å². The second-order valence-corrected chi connectivity index (χ2v) is 7.80. The Morgan fingerprint density at radius 3 is 2.44 bits per heavy atom. The first-order valence-electron chi connectivity index (χ1n) is 8.49. The van der Waals surface area contributed by atoms with Crippen LogP contribution in [0.3, 0.4) is 0 Å². The molecule has 2 aromatic rings. The van der Waals surface area contributed by atoms with E-state index in [1.54, 1.807) is 31.2 Å². The highest BCUT2D eigenvalue weighted by atomic mass is 32.2. The van der Waals surface area contributed by atoms with Crippen LogP contribution in [0, 0.1) is 6.92 Å². The summed E-state index contributed by atoms with van der Waals surface area (Å²) in [5.74, 6) is -0.205. The average molecular weight is 389 g/mol. The third-order valence-corrected chi connectivity index (χ3v) is 5.04. The lowest BCUT2D eigenvalue weighted by Crippen LogP contribution is -2.20. The fourth-order valence-electron chi connectivity index (χ4n) is 2.31. The van der Waals surface area contributed by atoms with E-state index in [4.69, 9.17) is 0 Å². The lowest BCUT2D eigenvalue weighted by Gasteiger charge is -2.10. The number of anilines is 1. The number of phenols is 1. The first-order valence-corrected chi connectivity index (χ1v) is 9.97. The van der Waals surface area contributed by atoms with E-state index in [1.165, 1.54) is 18.2 Å². The van der Waals surface area contributed by atoms with Gasteiger partial charge in [-0.1, -0.05) is 24.6 Å². The number of hydrogen-bond acceptors (Lipinski definition) is 5. The SMILES string of the molecule is CCCC(=O)Nc1ccc(O)c(/C(C)=N/NS(=O)(=O)c2ccc(C)cc2)c1. The van der Waals surface area contributed by atoms with Crippen LogP contribution in [0.25, 0.3) is 0 Å². The quantitative estimate of drug-likeness (QED) is 0.384. The van der Waals surface area contributed by atoms with Crippen molar-refractivity contribution in [1.82, 2.24) is 4.83 Å². The zero-order valence-corrected chi connectivity index (χ0v) is 16.3. The van der Waals surface area contributed by atoms with Crippen LogP contribution in [0.1, 0.15) is 37.8 Å². The van der Waals surface area contributed by atoms with Crippen LogP contribution in [0.5, 0.6) is 5.75 Å². The van der Waals surface area contributed by atoms with Gasteiger partial charge in [0.15, 0.2) is 0 Å². The molecule has 27 heavy (non-hydrogen) atoms. The zero-order chi connectivity index (χ0) is 20.0. The fourth-order valence-corrected chi connectivity index (χ4v) is 3.17. The van der Waals surface area contributed by atoms with Crippen molar-refractivity contribution in [3.05, 3.63) is 53.6 Å². The lowest BCUT2D eigenvalue weighted by atomic mass is 10.1. The van der Waals surface area contributed by atoms with Crippen LogP contribution >= 0.6 is 0 Å². The molecule has 0 spiro atoms. The minimum Gasteiger partial charge on any atom is -0.507 e. The van der Waals surface area contributed by atoms with Crippen LogP contribution < -0.4 is 10.1 Å². The highest BCUT2D eigenvalue weighted by Gasteiger charge is 2.14. The molecule has 0 aliphatic carbocycles. The van der Waals surface area contributed by atoms with Gasteiger partial charge in [0.25, 0.3) is 10.0 Å².